The van der Waals surface area contributed by atoms with Crippen molar-refractivity contribution >= 4 is 0 Å². The molecule has 0 radical (unpaired) electrons. The second-order valence-electron chi connectivity index (χ2n) is 13.3. The lowest BCUT2D eigenvalue weighted by atomic mass is 9.46. The largest absolute Gasteiger partial charge is 0.117 e. The Balaban J connectivity index is 1.43. The van der Waals surface area contributed by atoms with E-state index in [1.54, 1.807) is 33.4 Å². The van der Waals surface area contributed by atoms with Gasteiger partial charge in [-0.05, 0) is 127 Å². The number of hydrogen-bond donors (Lipinski definition) is 0. The number of allylic oxidation sites excluding steroid dienone is 7. The van der Waals surface area contributed by atoms with Crippen molar-refractivity contribution in [3.63, 3.8) is 0 Å². The quantitative estimate of drug-likeness (QED) is 0.370. The lowest BCUT2D eigenvalue weighted by Gasteiger charge is -2.59. The third-order valence-corrected chi connectivity index (χ3v) is 11.0. The Kier molecular flexibility index (Phi) is 6.01. The van der Waals surface area contributed by atoms with Gasteiger partial charge in [-0.1, -0.05) is 65.5 Å². The Morgan fingerprint density at radius 3 is 2.52 bits per heavy atom. The smallest absolute Gasteiger partial charge is 0.0316 e. The maximum absolute atomic E-state index is 3.82. The van der Waals surface area contributed by atoms with Crippen LogP contribution in [0.25, 0.3) is 0 Å². The van der Waals surface area contributed by atoms with Crippen molar-refractivity contribution in [1.29, 1.82) is 0 Å². The zero-order valence-corrected chi connectivity index (χ0v) is 22.7. The first-order valence-corrected chi connectivity index (χ1v) is 14.3. The number of fused-ring (bicyclic) bond motifs is 1. The summed E-state index contributed by atoms with van der Waals surface area (Å²) in [7, 11) is 0. The van der Waals surface area contributed by atoms with E-state index in [1.807, 2.05) is 0 Å². The van der Waals surface area contributed by atoms with Gasteiger partial charge in [0.15, 0.2) is 0 Å². The highest BCUT2D eigenvalue weighted by atomic mass is 14.6. The molecule has 0 spiro atoms. The molecule has 0 aromatic rings. The molecule has 0 heterocycles. The standard InChI is InChI=1S/C33H48/c1-8-10-24-19-22(3)26-12-13-27-25(23(4)20-28(24)31(26)27)14-15-29-21(2)11-16-30-32(5,6)17-9-18-33(29,30)7/h20-21,28-30H,8-18H2,1-7H3/t21-,28?,29-,30-,33+/m0/s1. The maximum atomic E-state index is 3.82. The molecule has 180 valence electrons. The summed E-state index contributed by atoms with van der Waals surface area (Å²) in [6, 6.07) is 0. The van der Waals surface area contributed by atoms with Gasteiger partial charge in [-0.15, -0.1) is 5.73 Å². The summed E-state index contributed by atoms with van der Waals surface area (Å²) < 4.78 is 0. The molecular weight excluding hydrogens is 396 g/mol. The lowest BCUT2D eigenvalue weighted by molar-refractivity contribution is -0.0956. The summed E-state index contributed by atoms with van der Waals surface area (Å²) in [5.41, 5.74) is 16.3. The van der Waals surface area contributed by atoms with Crippen molar-refractivity contribution in [3.05, 3.63) is 50.8 Å². The van der Waals surface area contributed by atoms with Gasteiger partial charge in [0.05, 0.1) is 0 Å². The molecule has 0 aromatic carbocycles. The highest BCUT2D eigenvalue weighted by molar-refractivity contribution is 5.63. The zero-order valence-electron chi connectivity index (χ0n) is 22.7. The average Bonchev–Trinajstić information content (AvgIpc) is 3.18. The third-order valence-electron chi connectivity index (χ3n) is 11.0. The molecule has 0 nitrogen and oxygen atoms in total. The van der Waals surface area contributed by atoms with Gasteiger partial charge in [-0.25, -0.2) is 0 Å². The molecule has 2 fully saturated rings. The van der Waals surface area contributed by atoms with Crippen molar-refractivity contribution in [2.75, 3.05) is 0 Å². The van der Waals surface area contributed by atoms with Crippen LogP contribution in [0.2, 0.25) is 0 Å². The molecular formula is C33H48. The minimum atomic E-state index is 0.527. The maximum Gasteiger partial charge on any atom is 0.0316 e. The molecule has 0 saturated heterocycles. The second kappa shape index (κ2) is 8.45. The van der Waals surface area contributed by atoms with E-state index >= 15 is 0 Å². The van der Waals surface area contributed by atoms with Crippen LogP contribution in [0.4, 0.5) is 0 Å². The average molecular weight is 445 g/mol. The van der Waals surface area contributed by atoms with Gasteiger partial charge in [0.2, 0.25) is 0 Å². The van der Waals surface area contributed by atoms with Crippen LogP contribution in [-0.4, -0.2) is 0 Å². The highest BCUT2D eigenvalue weighted by Gasteiger charge is 2.53. The SMILES string of the molecule is CCCC1=C=C(C)C2=C3C(=C(CC[C@H]4[C@@H](C)CC[C@H]5C(C)(C)CCC[C@]45C)C(C)=CC13)CC2. The molecule has 0 amide bonds. The lowest BCUT2D eigenvalue weighted by Crippen LogP contribution is -2.51. The van der Waals surface area contributed by atoms with Crippen molar-refractivity contribution in [2.45, 2.75) is 119 Å². The van der Waals surface area contributed by atoms with Crippen LogP contribution in [0.15, 0.2) is 50.8 Å². The van der Waals surface area contributed by atoms with Gasteiger partial charge >= 0.3 is 0 Å². The van der Waals surface area contributed by atoms with Crippen molar-refractivity contribution in [1.82, 2.24) is 0 Å². The Bertz CT molecular complexity index is 985. The van der Waals surface area contributed by atoms with Gasteiger partial charge in [0, 0.05) is 5.92 Å². The van der Waals surface area contributed by atoms with Crippen LogP contribution >= 0.6 is 0 Å². The monoisotopic (exact) mass is 444 g/mol. The third kappa shape index (κ3) is 3.71. The van der Waals surface area contributed by atoms with E-state index in [9.17, 15) is 0 Å². The molecule has 5 aliphatic carbocycles. The molecule has 0 heteroatoms. The minimum Gasteiger partial charge on any atom is -0.117 e. The predicted molar refractivity (Wildman–Crippen MR) is 142 cm³/mol. The molecule has 0 aliphatic heterocycles. The van der Waals surface area contributed by atoms with Crippen LogP contribution < -0.4 is 0 Å². The molecule has 5 rings (SSSR count). The van der Waals surface area contributed by atoms with Crippen molar-refractivity contribution in [2.24, 2.45) is 34.5 Å². The van der Waals surface area contributed by atoms with Gasteiger partial charge < -0.3 is 0 Å². The van der Waals surface area contributed by atoms with E-state index in [1.165, 1.54) is 76.2 Å². The zero-order chi connectivity index (χ0) is 23.5. The Morgan fingerprint density at radius 2 is 1.76 bits per heavy atom. The van der Waals surface area contributed by atoms with E-state index in [-0.39, 0.29) is 0 Å². The van der Waals surface area contributed by atoms with Crippen LogP contribution in [0.1, 0.15) is 119 Å². The van der Waals surface area contributed by atoms with E-state index in [4.69, 9.17) is 0 Å². The number of rotatable bonds is 5. The molecule has 0 bridgehead atoms. The topological polar surface area (TPSA) is 0 Å². The molecule has 0 aromatic heterocycles. The normalized spacial score (nSPS) is 37.4. The first kappa shape index (κ1) is 23.5. The molecule has 2 saturated carbocycles. The summed E-state index contributed by atoms with van der Waals surface area (Å²) >= 11 is 0. The molecule has 0 N–H and O–H groups in total. The highest BCUT2D eigenvalue weighted by Crippen LogP contribution is 2.62. The Labute approximate surface area is 204 Å². The first-order chi connectivity index (χ1) is 15.7. The fourth-order valence-electron chi connectivity index (χ4n) is 9.48. The van der Waals surface area contributed by atoms with Gasteiger partial charge in [-0.3, -0.25) is 0 Å². The fourth-order valence-corrected chi connectivity index (χ4v) is 9.48. The van der Waals surface area contributed by atoms with Gasteiger partial charge in [0.1, 0.15) is 0 Å². The number of hydrogen-bond acceptors (Lipinski definition) is 0. The summed E-state index contributed by atoms with van der Waals surface area (Å²) in [5.74, 6) is 3.20. The predicted octanol–water partition coefficient (Wildman–Crippen LogP) is 9.89. The van der Waals surface area contributed by atoms with E-state index in [0.717, 1.165) is 17.8 Å². The van der Waals surface area contributed by atoms with Crippen LogP contribution in [0.5, 0.6) is 0 Å². The summed E-state index contributed by atoms with van der Waals surface area (Å²) in [6.45, 7) is 17.5. The summed E-state index contributed by atoms with van der Waals surface area (Å²) in [6.07, 6.45) is 17.5. The van der Waals surface area contributed by atoms with Crippen LogP contribution in [0, 0.1) is 34.5 Å². The van der Waals surface area contributed by atoms with Crippen LogP contribution in [-0.2, 0) is 0 Å². The van der Waals surface area contributed by atoms with Crippen LogP contribution in [0.3, 0.4) is 0 Å². The summed E-state index contributed by atoms with van der Waals surface area (Å²) in [5, 5.41) is 0. The van der Waals surface area contributed by atoms with E-state index in [0.29, 0.717) is 16.7 Å². The van der Waals surface area contributed by atoms with E-state index < -0.39 is 0 Å². The first-order valence-electron chi connectivity index (χ1n) is 14.3. The molecule has 1 unspecified atom stereocenters. The van der Waals surface area contributed by atoms with Gasteiger partial charge in [0.25, 0.3) is 0 Å². The van der Waals surface area contributed by atoms with Crippen molar-refractivity contribution in [3.8, 4) is 0 Å². The molecule has 5 atom stereocenters. The summed E-state index contributed by atoms with van der Waals surface area (Å²) in [4.78, 5) is 0. The molecule has 33 heavy (non-hydrogen) atoms. The van der Waals surface area contributed by atoms with E-state index in [2.05, 4.69) is 60.3 Å². The Morgan fingerprint density at radius 1 is 1.00 bits per heavy atom. The fraction of sp³-hybridized carbons (Fsp3) is 0.727. The Hall–Kier alpha value is -1.26. The van der Waals surface area contributed by atoms with Gasteiger partial charge in [-0.2, -0.15) is 0 Å². The van der Waals surface area contributed by atoms with Crippen molar-refractivity contribution < 1.29 is 0 Å². The minimum absolute atomic E-state index is 0.527. The second-order valence-corrected chi connectivity index (χ2v) is 13.3. The molecule has 5 aliphatic rings.